The lowest BCUT2D eigenvalue weighted by Gasteiger charge is -2.37. The molecule has 1 aliphatic carbocycles. The van der Waals surface area contributed by atoms with Crippen molar-refractivity contribution >= 4 is 11.8 Å². The number of benzene rings is 2. The Morgan fingerprint density at radius 1 is 1.00 bits per heavy atom. The third-order valence-electron chi connectivity index (χ3n) is 5.47. The van der Waals surface area contributed by atoms with E-state index in [1.54, 1.807) is 4.90 Å². The summed E-state index contributed by atoms with van der Waals surface area (Å²) in [7, 11) is 0. The predicted octanol–water partition coefficient (Wildman–Crippen LogP) is 3.37. The first kappa shape index (κ1) is 16.8. The second-order valence-electron chi connectivity index (χ2n) is 7.28. The van der Waals surface area contributed by atoms with Gasteiger partial charge in [0, 0.05) is 12.6 Å². The molecule has 2 aromatic rings. The van der Waals surface area contributed by atoms with Crippen LogP contribution in [0.4, 0.5) is 0 Å². The summed E-state index contributed by atoms with van der Waals surface area (Å²) < 4.78 is 0. The minimum Gasteiger partial charge on any atom is -0.351 e. The average Bonchev–Trinajstić information content (AvgIpc) is 3.16. The fourth-order valence-corrected chi connectivity index (χ4v) is 4.13. The molecule has 1 heterocycles. The van der Waals surface area contributed by atoms with E-state index in [1.165, 1.54) is 12.8 Å². The van der Waals surface area contributed by atoms with E-state index in [1.807, 2.05) is 54.6 Å². The Morgan fingerprint density at radius 3 is 2.46 bits per heavy atom. The standard InChI is InChI=1S/C22H24N2O2/c25-20-14-17-10-4-7-13-19(17)21(22(26)23-18-11-5-6-12-18)24(20)15-16-8-2-1-3-9-16/h1-4,7-10,13,18,21H,5-6,11-12,14-15H2,(H,23,26)/t21-/m1/s1. The van der Waals surface area contributed by atoms with Gasteiger partial charge in [-0.1, -0.05) is 67.4 Å². The quantitative estimate of drug-likeness (QED) is 0.921. The molecule has 0 spiro atoms. The number of fused-ring (bicyclic) bond motifs is 1. The molecule has 0 saturated heterocycles. The Balaban J connectivity index is 1.65. The molecule has 4 rings (SSSR count). The highest BCUT2D eigenvalue weighted by atomic mass is 16.2. The summed E-state index contributed by atoms with van der Waals surface area (Å²) in [6, 6.07) is 17.4. The maximum absolute atomic E-state index is 13.2. The molecule has 1 aliphatic heterocycles. The molecule has 26 heavy (non-hydrogen) atoms. The Labute approximate surface area is 154 Å². The topological polar surface area (TPSA) is 49.4 Å². The Hall–Kier alpha value is -2.62. The summed E-state index contributed by atoms with van der Waals surface area (Å²) in [6.07, 6.45) is 4.76. The van der Waals surface area contributed by atoms with Crippen LogP contribution in [0.5, 0.6) is 0 Å². The number of amides is 2. The van der Waals surface area contributed by atoms with Gasteiger partial charge in [-0.2, -0.15) is 0 Å². The van der Waals surface area contributed by atoms with Gasteiger partial charge in [0.05, 0.1) is 6.42 Å². The van der Waals surface area contributed by atoms with Gasteiger partial charge >= 0.3 is 0 Å². The normalized spacial score (nSPS) is 20.1. The Kier molecular flexibility index (Phi) is 4.74. The SMILES string of the molecule is O=C(NC1CCCC1)[C@H]1c2ccccc2CC(=O)N1Cc1ccccc1. The maximum Gasteiger partial charge on any atom is 0.247 e. The third kappa shape index (κ3) is 3.36. The number of rotatable bonds is 4. The third-order valence-corrected chi connectivity index (χ3v) is 5.47. The van der Waals surface area contributed by atoms with Gasteiger partial charge in [0.1, 0.15) is 6.04 Å². The minimum absolute atomic E-state index is 0.0131. The summed E-state index contributed by atoms with van der Waals surface area (Å²) in [5, 5.41) is 3.19. The number of nitrogens with one attached hydrogen (secondary N) is 1. The molecule has 0 bridgehead atoms. The number of nitrogens with zero attached hydrogens (tertiary/aromatic N) is 1. The van der Waals surface area contributed by atoms with Crippen molar-refractivity contribution in [2.24, 2.45) is 0 Å². The molecule has 0 aromatic heterocycles. The molecule has 4 nitrogen and oxygen atoms in total. The van der Waals surface area contributed by atoms with Crippen molar-refractivity contribution in [2.45, 2.75) is 50.7 Å². The highest BCUT2D eigenvalue weighted by Gasteiger charge is 2.37. The van der Waals surface area contributed by atoms with Gasteiger partial charge in [0.15, 0.2) is 0 Å². The highest BCUT2D eigenvalue weighted by molar-refractivity contribution is 5.92. The molecule has 0 radical (unpaired) electrons. The van der Waals surface area contributed by atoms with Crippen LogP contribution in [0.25, 0.3) is 0 Å². The van der Waals surface area contributed by atoms with E-state index in [0.717, 1.165) is 29.5 Å². The number of carbonyl (C=O) groups excluding carboxylic acids is 2. The molecule has 0 unspecified atom stereocenters. The fourth-order valence-electron chi connectivity index (χ4n) is 4.13. The molecule has 1 fully saturated rings. The van der Waals surface area contributed by atoms with Gasteiger partial charge in [-0.3, -0.25) is 9.59 Å². The van der Waals surface area contributed by atoms with E-state index in [4.69, 9.17) is 0 Å². The van der Waals surface area contributed by atoms with Crippen LogP contribution in [-0.2, 0) is 22.6 Å². The van der Waals surface area contributed by atoms with Crippen molar-refractivity contribution in [2.75, 3.05) is 0 Å². The maximum atomic E-state index is 13.2. The van der Waals surface area contributed by atoms with Gasteiger partial charge in [-0.25, -0.2) is 0 Å². The molecule has 2 aromatic carbocycles. The van der Waals surface area contributed by atoms with E-state index in [0.29, 0.717) is 13.0 Å². The van der Waals surface area contributed by atoms with Crippen molar-refractivity contribution in [3.05, 3.63) is 71.3 Å². The summed E-state index contributed by atoms with van der Waals surface area (Å²) in [6.45, 7) is 0.455. The monoisotopic (exact) mass is 348 g/mol. The lowest BCUT2D eigenvalue weighted by atomic mass is 9.91. The highest BCUT2D eigenvalue weighted by Crippen LogP contribution is 2.32. The van der Waals surface area contributed by atoms with Crippen LogP contribution in [0.3, 0.4) is 0 Å². The molecule has 1 saturated carbocycles. The summed E-state index contributed by atoms with van der Waals surface area (Å²) in [5.41, 5.74) is 2.96. The van der Waals surface area contributed by atoms with Crippen LogP contribution in [0.1, 0.15) is 48.4 Å². The van der Waals surface area contributed by atoms with Crippen molar-refractivity contribution in [3.8, 4) is 0 Å². The van der Waals surface area contributed by atoms with Gasteiger partial charge < -0.3 is 10.2 Å². The van der Waals surface area contributed by atoms with Gasteiger partial charge in [-0.05, 0) is 29.5 Å². The van der Waals surface area contributed by atoms with Crippen LogP contribution in [0.15, 0.2) is 54.6 Å². The van der Waals surface area contributed by atoms with Gasteiger partial charge in [-0.15, -0.1) is 0 Å². The molecule has 1 atom stereocenters. The first-order valence-corrected chi connectivity index (χ1v) is 9.44. The van der Waals surface area contributed by atoms with Crippen LogP contribution in [0, 0.1) is 0 Å². The molecule has 134 valence electrons. The largest absolute Gasteiger partial charge is 0.351 e. The molecular formula is C22H24N2O2. The Morgan fingerprint density at radius 2 is 1.69 bits per heavy atom. The first-order chi connectivity index (χ1) is 12.7. The van der Waals surface area contributed by atoms with Crippen molar-refractivity contribution in [3.63, 3.8) is 0 Å². The smallest absolute Gasteiger partial charge is 0.247 e. The van der Waals surface area contributed by atoms with Crippen LogP contribution in [0.2, 0.25) is 0 Å². The number of hydrogen-bond donors (Lipinski definition) is 1. The van der Waals surface area contributed by atoms with E-state index in [9.17, 15) is 9.59 Å². The van der Waals surface area contributed by atoms with Crippen molar-refractivity contribution in [1.82, 2.24) is 10.2 Å². The number of carbonyl (C=O) groups is 2. The van der Waals surface area contributed by atoms with Crippen LogP contribution in [-0.4, -0.2) is 22.8 Å². The van der Waals surface area contributed by atoms with E-state index < -0.39 is 6.04 Å². The lowest BCUT2D eigenvalue weighted by Crippen LogP contribution is -2.48. The first-order valence-electron chi connectivity index (χ1n) is 9.44. The average molecular weight is 348 g/mol. The summed E-state index contributed by atoms with van der Waals surface area (Å²) >= 11 is 0. The lowest BCUT2D eigenvalue weighted by molar-refractivity contribution is -0.142. The summed E-state index contributed by atoms with van der Waals surface area (Å²) in [5.74, 6) is -0.0348. The molecule has 2 aliphatic rings. The predicted molar refractivity (Wildman–Crippen MR) is 100 cm³/mol. The minimum atomic E-state index is -0.548. The fraction of sp³-hybridized carbons (Fsp3) is 0.364. The number of hydrogen-bond acceptors (Lipinski definition) is 2. The van der Waals surface area contributed by atoms with E-state index in [-0.39, 0.29) is 17.9 Å². The van der Waals surface area contributed by atoms with E-state index in [2.05, 4.69) is 5.32 Å². The molecular weight excluding hydrogens is 324 g/mol. The van der Waals surface area contributed by atoms with Crippen molar-refractivity contribution < 1.29 is 9.59 Å². The zero-order valence-electron chi connectivity index (χ0n) is 14.9. The second-order valence-corrected chi connectivity index (χ2v) is 7.28. The summed E-state index contributed by atoms with van der Waals surface area (Å²) in [4.78, 5) is 27.8. The zero-order valence-corrected chi connectivity index (χ0v) is 14.9. The second kappa shape index (κ2) is 7.32. The Bertz CT molecular complexity index is 797. The van der Waals surface area contributed by atoms with E-state index >= 15 is 0 Å². The molecule has 1 N–H and O–H groups in total. The molecule has 2 amide bonds. The van der Waals surface area contributed by atoms with Crippen molar-refractivity contribution in [1.29, 1.82) is 0 Å². The van der Waals surface area contributed by atoms with Crippen LogP contribution >= 0.6 is 0 Å². The van der Waals surface area contributed by atoms with Gasteiger partial charge in [0.2, 0.25) is 11.8 Å². The van der Waals surface area contributed by atoms with Gasteiger partial charge in [0.25, 0.3) is 0 Å². The molecule has 4 heteroatoms. The van der Waals surface area contributed by atoms with Crippen LogP contribution < -0.4 is 5.32 Å². The zero-order chi connectivity index (χ0) is 17.9.